The molecule has 3 atom stereocenters. The van der Waals surface area contributed by atoms with Gasteiger partial charge in [-0.05, 0) is 57.4 Å². The highest BCUT2D eigenvalue weighted by molar-refractivity contribution is 7.45. The van der Waals surface area contributed by atoms with E-state index in [0.29, 0.717) is 17.4 Å². The van der Waals surface area contributed by atoms with Gasteiger partial charge in [-0.2, -0.15) is 0 Å². The lowest BCUT2D eigenvalue weighted by Gasteiger charge is -2.30. The van der Waals surface area contributed by atoms with Crippen molar-refractivity contribution in [2.75, 3.05) is 40.9 Å². The lowest BCUT2D eigenvalue weighted by atomic mass is 10.0. The van der Waals surface area contributed by atoms with Crippen molar-refractivity contribution in [3.8, 4) is 0 Å². The smallest absolute Gasteiger partial charge is 0.306 e. The Labute approximate surface area is 479 Å². The van der Waals surface area contributed by atoms with E-state index in [-0.39, 0.29) is 31.5 Å². The van der Waals surface area contributed by atoms with Crippen LogP contribution >= 0.6 is 7.82 Å². The quantitative estimate of drug-likeness (QED) is 0.0212. The van der Waals surface area contributed by atoms with Crippen LogP contribution in [-0.2, 0) is 27.9 Å². The van der Waals surface area contributed by atoms with E-state index >= 15 is 0 Å². The molecule has 9 nitrogen and oxygen atoms in total. The van der Waals surface area contributed by atoms with Gasteiger partial charge < -0.3 is 28.5 Å². The number of allylic oxidation sites excluding steroid dienone is 3. The van der Waals surface area contributed by atoms with Crippen LogP contribution in [0.25, 0.3) is 0 Å². The fraction of sp³-hybridized carbons (Fsp3) is 0.910. The molecule has 10 heteroatoms. The van der Waals surface area contributed by atoms with Crippen molar-refractivity contribution >= 4 is 19.7 Å². The molecule has 0 spiro atoms. The van der Waals surface area contributed by atoms with Crippen molar-refractivity contribution in [2.24, 2.45) is 0 Å². The standard InChI is InChI=1S/C67H131N2O7P/c1-7-10-13-16-19-22-25-28-30-32-33-34-35-36-37-38-40-42-45-48-51-54-57-60-67(71)76-65(58-55-52-49-46-43-27-24-21-18-15-12-9-3)64(63-75-77(72,73)74-62-61-69(4,5)6)68-66(70)59-56-53-50-47-44-41-39-31-29-26-23-20-17-14-11-8-2/h31,39,55,58,64-65H,7-30,32-38,40-54,56-57,59-63H2,1-6H3,(H-,68,70,72,73)/b39-31+,58-55-. The second kappa shape index (κ2) is 57.7. The fourth-order valence-corrected chi connectivity index (χ4v) is 10.9. The van der Waals surface area contributed by atoms with E-state index in [1.807, 2.05) is 33.3 Å². The van der Waals surface area contributed by atoms with E-state index in [1.165, 1.54) is 231 Å². The van der Waals surface area contributed by atoms with E-state index in [4.69, 9.17) is 13.8 Å². The predicted octanol–water partition coefficient (Wildman–Crippen LogP) is 20.3. The Morgan fingerprint density at radius 3 is 1.10 bits per heavy atom. The van der Waals surface area contributed by atoms with Gasteiger partial charge in [-0.25, -0.2) is 0 Å². The first-order valence-electron chi connectivity index (χ1n) is 33.6. The van der Waals surface area contributed by atoms with E-state index in [2.05, 4.69) is 38.2 Å². The van der Waals surface area contributed by atoms with Gasteiger partial charge in [0.15, 0.2) is 0 Å². The molecule has 0 aliphatic carbocycles. The van der Waals surface area contributed by atoms with Crippen LogP contribution in [0.15, 0.2) is 24.3 Å². The molecule has 3 unspecified atom stereocenters. The molecular formula is C67H131N2O7P. The number of likely N-dealkylation sites (N-methyl/N-ethyl adjacent to an activating group) is 1. The van der Waals surface area contributed by atoms with E-state index in [9.17, 15) is 19.0 Å². The molecule has 0 aromatic rings. The summed E-state index contributed by atoms with van der Waals surface area (Å²) < 4.78 is 30.4. The summed E-state index contributed by atoms with van der Waals surface area (Å²) in [6.45, 7) is 6.89. The number of esters is 1. The zero-order chi connectivity index (χ0) is 56.4. The summed E-state index contributed by atoms with van der Waals surface area (Å²) in [7, 11) is 1.20. The first-order chi connectivity index (χ1) is 37.4. The minimum Gasteiger partial charge on any atom is -0.756 e. The Hall–Kier alpha value is -1.51. The minimum atomic E-state index is -4.70. The van der Waals surface area contributed by atoms with Crippen molar-refractivity contribution in [3.63, 3.8) is 0 Å². The summed E-state index contributed by atoms with van der Waals surface area (Å²) in [5, 5.41) is 3.03. The molecule has 1 N–H and O–H groups in total. The molecule has 0 saturated carbocycles. The third-order valence-electron chi connectivity index (χ3n) is 15.4. The average molecular weight is 1110 g/mol. The summed E-state index contributed by atoms with van der Waals surface area (Å²) in [5.41, 5.74) is 0. The molecular weight excluding hydrogens is 976 g/mol. The molecule has 0 aromatic carbocycles. The Morgan fingerprint density at radius 1 is 0.442 bits per heavy atom. The molecule has 0 aromatic heterocycles. The second-order valence-electron chi connectivity index (χ2n) is 24.3. The topological polar surface area (TPSA) is 114 Å². The lowest BCUT2D eigenvalue weighted by molar-refractivity contribution is -0.870. The molecule has 0 saturated heterocycles. The molecule has 1 amide bonds. The van der Waals surface area contributed by atoms with Crippen molar-refractivity contribution < 1.29 is 37.3 Å². The first kappa shape index (κ1) is 75.5. The number of phosphoric acid groups is 1. The van der Waals surface area contributed by atoms with Gasteiger partial charge in [0.1, 0.15) is 19.3 Å². The van der Waals surface area contributed by atoms with Crippen LogP contribution in [0.3, 0.4) is 0 Å². The molecule has 0 aliphatic rings. The third-order valence-corrected chi connectivity index (χ3v) is 16.3. The van der Waals surface area contributed by atoms with Gasteiger partial charge in [0.2, 0.25) is 5.91 Å². The predicted molar refractivity (Wildman–Crippen MR) is 330 cm³/mol. The van der Waals surface area contributed by atoms with E-state index in [0.717, 1.165) is 77.0 Å². The maximum Gasteiger partial charge on any atom is 0.306 e. The molecule has 0 rings (SSSR count). The number of ether oxygens (including phenoxy) is 1. The van der Waals surface area contributed by atoms with Gasteiger partial charge in [-0.1, -0.05) is 296 Å². The lowest BCUT2D eigenvalue weighted by Crippen LogP contribution is -2.47. The van der Waals surface area contributed by atoms with Crippen LogP contribution in [-0.4, -0.2) is 69.4 Å². The number of phosphoric ester groups is 1. The first-order valence-corrected chi connectivity index (χ1v) is 35.1. The van der Waals surface area contributed by atoms with Crippen molar-refractivity contribution in [1.29, 1.82) is 0 Å². The third kappa shape index (κ3) is 58.9. The van der Waals surface area contributed by atoms with Crippen LogP contribution in [0.4, 0.5) is 0 Å². The Morgan fingerprint density at radius 2 is 0.753 bits per heavy atom. The average Bonchev–Trinajstić information content (AvgIpc) is 3.39. The van der Waals surface area contributed by atoms with Gasteiger partial charge in [0.25, 0.3) is 7.82 Å². The zero-order valence-electron chi connectivity index (χ0n) is 52.2. The summed E-state index contributed by atoms with van der Waals surface area (Å²) in [5.74, 6) is -0.531. The fourth-order valence-electron chi connectivity index (χ4n) is 10.2. The second-order valence-corrected chi connectivity index (χ2v) is 25.7. The maximum atomic E-state index is 13.5. The highest BCUT2D eigenvalue weighted by Gasteiger charge is 2.27. The largest absolute Gasteiger partial charge is 0.756 e. The van der Waals surface area contributed by atoms with Gasteiger partial charge in [0, 0.05) is 12.8 Å². The molecule has 0 radical (unpaired) electrons. The van der Waals surface area contributed by atoms with Gasteiger partial charge in [-0.15, -0.1) is 0 Å². The van der Waals surface area contributed by atoms with Crippen LogP contribution in [0.2, 0.25) is 0 Å². The number of hydrogen-bond donors (Lipinski definition) is 1. The van der Waals surface area contributed by atoms with E-state index in [1.54, 1.807) is 0 Å². The molecule has 0 aliphatic heterocycles. The van der Waals surface area contributed by atoms with Gasteiger partial charge in [0.05, 0.1) is 33.8 Å². The molecule has 77 heavy (non-hydrogen) atoms. The number of nitrogens with one attached hydrogen (secondary N) is 1. The summed E-state index contributed by atoms with van der Waals surface area (Å²) >= 11 is 0. The van der Waals surface area contributed by atoms with Crippen LogP contribution in [0, 0.1) is 0 Å². The van der Waals surface area contributed by atoms with Gasteiger partial charge in [-0.3, -0.25) is 14.2 Å². The number of hydrogen-bond acceptors (Lipinski definition) is 7. The molecule has 0 heterocycles. The van der Waals surface area contributed by atoms with Crippen LogP contribution < -0.4 is 10.2 Å². The molecule has 456 valence electrons. The Bertz CT molecular complexity index is 1370. The van der Waals surface area contributed by atoms with Crippen LogP contribution in [0.1, 0.15) is 342 Å². The minimum absolute atomic E-state index is 0.0203. The van der Waals surface area contributed by atoms with Gasteiger partial charge >= 0.3 is 5.97 Å². The highest BCUT2D eigenvalue weighted by Crippen LogP contribution is 2.38. The number of amides is 1. The Balaban J connectivity index is 5.09. The summed E-state index contributed by atoms with van der Waals surface area (Å²) in [6, 6.07) is -0.887. The Kier molecular flexibility index (Phi) is 56.6. The van der Waals surface area contributed by atoms with Crippen LogP contribution in [0.5, 0.6) is 0 Å². The number of rotatable bonds is 62. The van der Waals surface area contributed by atoms with Crippen molar-refractivity contribution in [2.45, 2.75) is 354 Å². The maximum absolute atomic E-state index is 13.5. The zero-order valence-corrected chi connectivity index (χ0v) is 53.1. The molecule has 0 fully saturated rings. The van der Waals surface area contributed by atoms with Crippen molar-refractivity contribution in [1.82, 2.24) is 5.32 Å². The number of carbonyl (C=O) groups is 2. The normalized spacial score (nSPS) is 13.7. The number of quaternary nitrogens is 1. The summed E-state index contributed by atoms with van der Waals surface area (Å²) in [4.78, 5) is 40.0. The highest BCUT2D eigenvalue weighted by atomic mass is 31.2. The van der Waals surface area contributed by atoms with E-state index < -0.39 is 20.0 Å². The molecule has 0 bridgehead atoms. The number of unbranched alkanes of at least 4 members (excludes halogenated alkanes) is 44. The van der Waals surface area contributed by atoms with Crippen molar-refractivity contribution in [3.05, 3.63) is 24.3 Å². The summed E-state index contributed by atoms with van der Waals surface area (Å²) in [6.07, 6.45) is 68.7. The SMILES string of the molecule is CCCCCCCCC/C=C/CCCCCCCC(=O)NC(COP(=O)([O-])OCC[N+](C)(C)C)C(/C=C\CCCCCCCCCCCC)OC(=O)CCCCCCCCCCCCCCCCCCCCCCCCC. The number of nitrogens with zero attached hydrogens (tertiary/aromatic N) is 1. The number of carbonyl (C=O) groups excluding carboxylic acids is 2. The monoisotopic (exact) mass is 1110 g/mol.